The molecule has 0 radical (unpaired) electrons. The van der Waals surface area contributed by atoms with Gasteiger partial charge in [-0.25, -0.2) is 0 Å². The number of halogens is 1. The molecule has 5 nitrogen and oxygen atoms in total. The van der Waals surface area contributed by atoms with Crippen molar-refractivity contribution in [3.8, 4) is 0 Å². The number of likely N-dealkylation sites (N-methyl/N-ethyl adjacent to an activating group) is 1. The molecule has 0 aliphatic carbocycles. The van der Waals surface area contributed by atoms with Crippen molar-refractivity contribution in [3.05, 3.63) is 50.6 Å². The van der Waals surface area contributed by atoms with E-state index in [0.717, 1.165) is 11.0 Å². The van der Waals surface area contributed by atoms with Gasteiger partial charge in [0.05, 0.1) is 0 Å². The van der Waals surface area contributed by atoms with Crippen LogP contribution in [0, 0.1) is 5.82 Å². The summed E-state index contributed by atoms with van der Waals surface area (Å²) in [5.41, 5.74) is 2.22. The molecule has 1 aliphatic rings. The summed E-state index contributed by atoms with van der Waals surface area (Å²) >= 11 is -0.0302. The predicted molar refractivity (Wildman–Crippen MR) is 97.2 cm³/mol. The number of anilines is 1. The molecule has 2 amide bonds. The van der Waals surface area contributed by atoms with E-state index in [1.807, 2.05) is 23.9 Å². The molecule has 2 N–H and O–H groups in total. The number of nitrogens with one attached hydrogen (secondary N) is 2. The van der Waals surface area contributed by atoms with E-state index in [0.29, 0.717) is 28.9 Å². The van der Waals surface area contributed by atoms with Gasteiger partial charge in [0.25, 0.3) is 0 Å². The van der Waals surface area contributed by atoms with Crippen molar-refractivity contribution in [2.24, 2.45) is 0 Å². The van der Waals surface area contributed by atoms with Crippen LogP contribution in [0.5, 0.6) is 0 Å². The topological polar surface area (TPSA) is 61.4 Å². The second-order valence-corrected chi connectivity index (χ2v) is 7.98. The Bertz CT molecular complexity index is 858. The van der Waals surface area contributed by atoms with Crippen molar-refractivity contribution in [1.82, 2.24) is 10.2 Å². The van der Waals surface area contributed by atoms with Crippen LogP contribution < -0.4 is 10.6 Å². The van der Waals surface area contributed by atoms with Crippen molar-refractivity contribution >= 4 is 43.7 Å². The van der Waals surface area contributed by atoms with Crippen LogP contribution in [0.3, 0.4) is 0 Å². The first-order valence-electron chi connectivity index (χ1n) is 7.78. The average Bonchev–Trinajstić information content (AvgIpc) is 3.13. The van der Waals surface area contributed by atoms with Gasteiger partial charge in [0.15, 0.2) is 0 Å². The summed E-state index contributed by atoms with van der Waals surface area (Å²) in [5.74, 6) is -0.744. The summed E-state index contributed by atoms with van der Waals surface area (Å²) in [5, 5.41) is 5.59. The molecule has 0 atom stereocenters. The molecule has 0 spiro atoms. The molecule has 0 saturated heterocycles. The van der Waals surface area contributed by atoms with Crippen LogP contribution in [-0.2, 0) is 4.79 Å². The van der Waals surface area contributed by atoms with Crippen LogP contribution in [-0.4, -0.2) is 58.4 Å². The van der Waals surface area contributed by atoms with Crippen molar-refractivity contribution in [2.75, 3.05) is 32.5 Å². The molecule has 130 valence electrons. The third-order valence-corrected chi connectivity index (χ3v) is 5.62. The van der Waals surface area contributed by atoms with Gasteiger partial charge in [-0.3, -0.25) is 0 Å². The number of rotatable bonds is 5. The summed E-state index contributed by atoms with van der Waals surface area (Å²) in [7, 11) is 3.89. The summed E-state index contributed by atoms with van der Waals surface area (Å²) in [4.78, 5) is 28.1. The fraction of sp³-hybridized carbons (Fsp3) is 0.222. The third-order valence-electron chi connectivity index (χ3n) is 3.78. The Morgan fingerprint density at radius 1 is 1.36 bits per heavy atom. The van der Waals surface area contributed by atoms with Crippen molar-refractivity contribution in [1.29, 1.82) is 0 Å². The van der Waals surface area contributed by atoms with Crippen molar-refractivity contribution < 1.29 is 14.0 Å². The standard InChI is InChI=1S/C18H18FN3O2Se/c1-22(2)6-5-20-17(23)11-7-13(25-10-11)9-15-14-8-12(19)3-4-16(14)21-18(15)24/h3-4,7-10H,5-6H2,1-2H3,(H,20,23)(H,21,24)/b15-9-. The fourth-order valence-corrected chi connectivity index (χ4v) is 4.21. The van der Waals surface area contributed by atoms with E-state index in [1.54, 1.807) is 18.2 Å². The van der Waals surface area contributed by atoms with Gasteiger partial charge in [-0.1, -0.05) is 0 Å². The van der Waals surface area contributed by atoms with E-state index in [1.165, 1.54) is 12.1 Å². The van der Waals surface area contributed by atoms with E-state index in [4.69, 9.17) is 0 Å². The number of carbonyl (C=O) groups excluding carboxylic acids is 2. The molecule has 0 fully saturated rings. The normalized spacial score (nSPS) is 14.7. The van der Waals surface area contributed by atoms with Crippen LogP contribution in [0.25, 0.3) is 11.6 Å². The summed E-state index contributed by atoms with van der Waals surface area (Å²) in [6.45, 7) is 1.35. The number of fused-ring (bicyclic) bond motifs is 1. The van der Waals surface area contributed by atoms with Crippen LogP contribution in [0.15, 0.2) is 29.2 Å². The number of hydrogen-bond acceptors (Lipinski definition) is 3. The van der Waals surface area contributed by atoms with E-state index in [9.17, 15) is 14.0 Å². The number of nitrogens with zero attached hydrogens (tertiary/aromatic N) is 1. The molecular formula is C18H18FN3O2Se. The fourth-order valence-electron chi connectivity index (χ4n) is 2.49. The van der Waals surface area contributed by atoms with E-state index in [2.05, 4.69) is 10.6 Å². The maximum atomic E-state index is 13.5. The van der Waals surface area contributed by atoms with Crippen LogP contribution in [0.1, 0.15) is 20.4 Å². The number of carbonyl (C=O) groups is 2. The van der Waals surface area contributed by atoms with Crippen LogP contribution >= 0.6 is 0 Å². The number of benzene rings is 1. The molecule has 2 heterocycles. The second-order valence-electron chi connectivity index (χ2n) is 6.00. The molecule has 0 bridgehead atoms. The predicted octanol–water partition coefficient (Wildman–Crippen LogP) is 1.67. The Morgan fingerprint density at radius 3 is 2.92 bits per heavy atom. The zero-order valence-electron chi connectivity index (χ0n) is 13.9. The second kappa shape index (κ2) is 7.35. The summed E-state index contributed by atoms with van der Waals surface area (Å²) in [6.07, 6.45) is 1.75. The first-order valence-corrected chi connectivity index (χ1v) is 9.63. The summed E-state index contributed by atoms with van der Waals surface area (Å²) in [6, 6.07) is 6.02. The van der Waals surface area contributed by atoms with E-state index in [-0.39, 0.29) is 32.1 Å². The Morgan fingerprint density at radius 2 is 2.16 bits per heavy atom. The third kappa shape index (κ3) is 4.07. The van der Waals surface area contributed by atoms with E-state index < -0.39 is 0 Å². The monoisotopic (exact) mass is 407 g/mol. The van der Waals surface area contributed by atoms with E-state index >= 15 is 0 Å². The molecule has 0 unspecified atom stereocenters. The van der Waals surface area contributed by atoms with Gasteiger partial charge in [-0.05, 0) is 0 Å². The first kappa shape index (κ1) is 17.6. The van der Waals surface area contributed by atoms with Gasteiger partial charge in [0.2, 0.25) is 0 Å². The van der Waals surface area contributed by atoms with Gasteiger partial charge in [0, 0.05) is 0 Å². The number of hydrogen-bond donors (Lipinski definition) is 2. The van der Waals surface area contributed by atoms with Gasteiger partial charge in [-0.15, -0.1) is 0 Å². The van der Waals surface area contributed by atoms with Crippen molar-refractivity contribution in [2.45, 2.75) is 0 Å². The van der Waals surface area contributed by atoms with Crippen LogP contribution in [0.4, 0.5) is 10.1 Å². The molecule has 2 aromatic rings. The van der Waals surface area contributed by atoms with Crippen LogP contribution in [0.2, 0.25) is 0 Å². The Kier molecular flexibility index (Phi) is 5.18. The van der Waals surface area contributed by atoms with Gasteiger partial charge < -0.3 is 0 Å². The maximum absolute atomic E-state index is 13.5. The molecule has 1 aromatic heterocycles. The molecule has 25 heavy (non-hydrogen) atoms. The zero-order valence-corrected chi connectivity index (χ0v) is 15.6. The molecule has 7 heteroatoms. The number of amides is 2. The minimum atomic E-state index is -0.383. The van der Waals surface area contributed by atoms with Gasteiger partial charge in [0.1, 0.15) is 0 Å². The molecule has 1 aromatic carbocycles. The Labute approximate surface area is 151 Å². The molecule has 3 rings (SSSR count). The first-order chi connectivity index (χ1) is 11.9. The Hall–Kier alpha value is -2.21. The summed E-state index contributed by atoms with van der Waals surface area (Å²) < 4.78 is 14.4. The zero-order chi connectivity index (χ0) is 18.0. The minimum absolute atomic E-state index is 0.0302. The van der Waals surface area contributed by atoms with Crippen molar-refractivity contribution in [3.63, 3.8) is 0 Å². The average molecular weight is 406 g/mol. The Balaban J connectivity index is 1.77. The van der Waals surface area contributed by atoms with Gasteiger partial charge >= 0.3 is 151 Å². The quantitative estimate of drug-likeness (QED) is 0.587. The molecule has 0 saturated carbocycles. The van der Waals surface area contributed by atoms with Gasteiger partial charge in [-0.2, -0.15) is 0 Å². The molecular weight excluding hydrogens is 388 g/mol. The SMILES string of the molecule is CN(C)CCNC(=O)c1c[se]c(/C=C2\C(=O)Nc3ccc(F)cc32)c1. The molecule has 1 aliphatic heterocycles.